The number of rotatable bonds is 5. The van der Waals surface area contributed by atoms with E-state index in [-0.39, 0.29) is 29.7 Å². The van der Waals surface area contributed by atoms with Crippen LogP contribution in [0.25, 0.3) is 0 Å². The van der Waals surface area contributed by atoms with Gasteiger partial charge >= 0.3 is 5.69 Å². The van der Waals surface area contributed by atoms with Crippen molar-refractivity contribution >= 4 is 21.4 Å². The topological polar surface area (TPSA) is 127 Å². The molecule has 1 heterocycles. The predicted octanol–water partition coefficient (Wildman–Crippen LogP) is 0.570. The number of aliphatic hydroxyl groups excluding tert-OH is 1. The highest BCUT2D eigenvalue weighted by atomic mass is 32.2. The maximum absolute atomic E-state index is 12.6. The monoisotopic (exact) mass is 315 g/mol. The molecule has 0 amide bonds. The first-order valence-electron chi connectivity index (χ1n) is 6.51. The van der Waals surface area contributed by atoms with Gasteiger partial charge in [-0.25, -0.2) is 8.42 Å². The van der Waals surface area contributed by atoms with Crippen molar-refractivity contribution in [2.24, 2.45) is 5.92 Å². The summed E-state index contributed by atoms with van der Waals surface area (Å²) in [6, 6.07) is 3.88. The summed E-state index contributed by atoms with van der Waals surface area (Å²) in [5.74, 6) is 0.0740. The van der Waals surface area contributed by atoms with Crippen LogP contribution in [0.4, 0.5) is 11.4 Å². The largest absolute Gasteiger partial charge is 0.396 e. The van der Waals surface area contributed by atoms with Gasteiger partial charge in [0, 0.05) is 19.7 Å². The molecule has 1 aliphatic rings. The lowest BCUT2D eigenvalue weighted by Gasteiger charge is -2.16. The zero-order chi connectivity index (χ0) is 15.6. The normalized spacial score (nSPS) is 19.8. The van der Waals surface area contributed by atoms with Crippen LogP contribution in [-0.4, -0.2) is 42.4 Å². The molecule has 1 aromatic carbocycles. The molecular weight excluding hydrogens is 298 g/mol. The van der Waals surface area contributed by atoms with E-state index in [0.717, 1.165) is 0 Å². The quantitative estimate of drug-likeness (QED) is 0.464. The fraction of sp³-hybridized carbons (Fsp3) is 0.500. The number of hydrogen-bond acceptors (Lipinski definition) is 6. The van der Waals surface area contributed by atoms with Gasteiger partial charge in [-0.15, -0.1) is 0 Å². The number of sulfonamides is 1. The third-order valence-electron chi connectivity index (χ3n) is 3.62. The second-order valence-corrected chi connectivity index (χ2v) is 6.89. The van der Waals surface area contributed by atoms with Crippen molar-refractivity contribution in [3.8, 4) is 0 Å². The second-order valence-electron chi connectivity index (χ2n) is 4.98. The van der Waals surface area contributed by atoms with Crippen molar-refractivity contribution in [3.05, 3.63) is 28.3 Å². The van der Waals surface area contributed by atoms with E-state index in [1.54, 1.807) is 0 Å². The number of hydrogen-bond donors (Lipinski definition) is 2. The van der Waals surface area contributed by atoms with Crippen LogP contribution in [0.15, 0.2) is 23.1 Å². The highest BCUT2D eigenvalue weighted by Gasteiger charge is 2.37. The average Bonchev–Trinajstić information content (AvgIpc) is 2.87. The summed E-state index contributed by atoms with van der Waals surface area (Å²) in [6.07, 6.45) is 1.15. The molecule has 1 unspecified atom stereocenters. The van der Waals surface area contributed by atoms with Gasteiger partial charge in [0.15, 0.2) is 4.90 Å². The van der Waals surface area contributed by atoms with Gasteiger partial charge in [0.2, 0.25) is 10.0 Å². The molecule has 0 radical (unpaired) electrons. The third-order valence-corrected chi connectivity index (χ3v) is 5.51. The molecule has 21 heavy (non-hydrogen) atoms. The van der Waals surface area contributed by atoms with Crippen molar-refractivity contribution in [1.82, 2.24) is 4.31 Å². The smallest absolute Gasteiger partial charge is 0.312 e. The number of anilines is 1. The highest BCUT2D eigenvalue weighted by Crippen LogP contribution is 2.34. The van der Waals surface area contributed by atoms with Crippen LogP contribution < -0.4 is 5.73 Å². The highest BCUT2D eigenvalue weighted by molar-refractivity contribution is 7.89. The van der Waals surface area contributed by atoms with Gasteiger partial charge in [-0.05, 0) is 30.9 Å². The van der Waals surface area contributed by atoms with Crippen molar-refractivity contribution < 1.29 is 18.4 Å². The van der Waals surface area contributed by atoms with E-state index in [2.05, 4.69) is 0 Å². The summed E-state index contributed by atoms with van der Waals surface area (Å²) in [7, 11) is -3.96. The minimum atomic E-state index is -3.96. The van der Waals surface area contributed by atoms with E-state index in [0.29, 0.717) is 19.4 Å². The number of aliphatic hydroxyl groups is 1. The summed E-state index contributed by atoms with van der Waals surface area (Å²) in [5.41, 5.74) is 4.78. The molecule has 9 heteroatoms. The minimum absolute atomic E-state index is 0.00299. The van der Waals surface area contributed by atoms with E-state index in [4.69, 9.17) is 10.8 Å². The van der Waals surface area contributed by atoms with Crippen LogP contribution in [0.1, 0.15) is 12.8 Å². The first kappa shape index (κ1) is 15.7. The number of nitro groups is 1. The van der Waals surface area contributed by atoms with Crippen LogP contribution in [0.2, 0.25) is 0 Å². The standard InChI is InChI=1S/C12H17N3O5S/c13-10-2-1-3-11(12(10)15(17)18)21(19,20)14-6-4-9(8-14)5-7-16/h1-3,9,16H,4-8,13H2. The first-order chi connectivity index (χ1) is 9.87. The van der Waals surface area contributed by atoms with Gasteiger partial charge in [-0.3, -0.25) is 10.1 Å². The van der Waals surface area contributed by atoms with E-state index < -0.39 is 20.6 Å². The van der Waals surface area contributed by atoms with Crippen molar-refractivity contribution in [3.63, 3.8) is 0 Å². The number of nitrogens with zero attached hydrogens (tertiary/aromatic N) is 2. The number of benzene rings is 1. The molecular formula is C12H17N3O5S. The van der Waals surface area contributed by atoms with Crippen molar-refractivity contribution in [2.45, 2.75) is 17.7 Å². The third kappa shape index (κ3) is 2.99. The average molecular weight is 315 g/mol. The lowest BCUT2D eigenvalue weighted by Crippen LogP contribution is -2.29. The molecule has 1 saturated heterocycles. The maximum atomic E-state index is 12.6. The molecule has 116 valence electrons. The van der Waals surface area contributed by atoms with Crippen LogP contribution in [0.5, 0.6) is 0 Å². The van der Waals surface area contributed by atoms with Crippen LogP contribution >= 0.6 is 0 Å². The van der Waals surface area contributed by atoms with Crippen molar-refractivity contribution in [1.29, 1.82) is 0 Å². The molecule has 1 fully saturated rings. The van der Waals surface area contributed by atoms with E-state index >= 15 is 0 Å². The number of nitro benzene ring substituents is 1. The SMILES string of the molecule is Nc1cccc(S(=O)(=O)N2CCC(CCO)C2)c1[N+](=O)[O-]. The van der Waals surface area contributed by atoms with E-state index in [1.807, 2.05) is 0 Å². The Bertz CT molecular complexity index is 646. The summed E-state index contributed by atoms with van der Waals surface area (Å²) in [6.45, 7) is 0.546. The number of para-hydroxylation sites is 1. The summed E-state index contributed by atoms with van der Waals surface area (Å²) >= 11 is 0. The minimum Gasteiger partial charge on any atom is -0.396 e. The molecule has 0 bridgehead atoms. The zero-order valence-corrected chi connectivity index (χ0v) is 12.1. The molecule has 2 rings (SSSR count). The van der Waals surface area contributed by atoms with Crippen LogP contribution in [0, 0.1) is 16.0 Å². The molecule has 0 aromatic heterocycles. The summed E-state index contributed by atoms with van der Waals surface area (Å²) < 4.78 is 26.3. The fourth-order valence-electron chi connectivity index (χ4n) is 2.52. The number of nitrogen functional groups attached to an aromatic ring is 1. The Balaban J connectivity index is 2.38. The van der Waals surface area contributed by atoms with E-state index in [1.165, 1.54) is 22.5 Å². The lowest BCUT2D eigenvalue weighted by atomic mass is 10.1. The molecule has 1 atom stereocenters. The Morgan fingerprint density at radius 2 is 2.19 bits per heavy atom. The molecule has 0 aliphatic carbocycles. The Labute approximate surface area is 122 Å². The molecule has 8 nitrogen and oxygen atoms in total. The first-order valence-corrected chi connectivity index (χ1v) is 7.95. The summed E-state index contributed by atoms with van der Waals surface area (Å²) in [4.78, 5) is 9.93. The van der Waals surface area contributed by atoms with Gasteiger partial charge < -0.3 is 10.8 Å². The summed E-state index contributed by atoms with van der Waals surface area (Å²) in [5, 5.41) is 20.0. The fourth-order valence-corrected chi connectivity index (χ4v) is 4.23. The maximum Gasteiger partial charge on any atom is 0.312 e. The van der Waals surface area contributed by atoms with E-state index in [9.17, 15) is 18.5 Å². The zero-order valence-electron chi connectivity index (χ0n) is 11.3. The molecule has 0 spiro atoms. The van der Waals surface area contributed by atoms with Crippen molar-refractivity contribution in [2.75, 3.05) is 25.4 Å². The molecule has 0 saturated carbocycles. The number of nitrogens with two attached hydrogens (primary N) is 1. The van der Waals surface area contributed by atoms with Gasteiger partial charge in [-0.2, -0.15) is 4.31 Å². The molecule has 3 N–H and O–H groups in total. The second kappa shape index (κ2) is 5.96. The van der Waals surface area contributed by atoms with Gasteiger partial charge in [0.05, 0.1) is 4.92 Å². The van der Waals surface area contributed by atoms with Crippen LogP contribution in [-0.2, 0) is 10.0 Å². The van der Waals surface area contributed by atoms with Gasteiger partial charge in [0.1, 0.15) is 5.69 Å². The Kier molecular flexibility index (Phi) is 4.45. The Morgan fingerprint density at radius 3 is 2.81 bits per heavy atom. The van der Waals surface area contributed by atoms with Gasteiger partial charge in [-0.1, -0.05) is 6.07 Å². The lowest BCUT2D eigenvalue weighted by molar-refractivity contribution is -0.386. The predicted molar refractivity (Wildman–Crippen MR) is 76.1 cm³/mol. The Hall–Kier alpha value is -1.71. The Morgan fingerprint density at radius 1 is 1.48 bits per heavy atom. The molecule has 1 aliphatic heterocycles. The van der Waals surface area contributed by atoms with Crippen LogP contribution in [0.3, 0.4) is 0 Å². The molecule has 1 aromatic rings. The van der Waals surface area contributed by atoms with Gasteiger partial charge in [0.25, 0.3) is 0 Å².